The van der Waals surface area contributed by atoms with Gasteiger partial charge in [-0.2, -0.15) is 10.5 Å². The van der Waals surface area contributed by atoms with Crippen molar-refractivity contribution in [2.24, 2.45) is 0 Å². The molecule has 0 saturated carbocycles. The second kappa shape index (κ2) is 3.94. The average molecular weight is 169 g/mol. The quantitative estimate of drug-likeness (QED) is 0.513. The van der Waals surface area contributed by atoms with Crippen molar-refractivity contribution in [2.45, 2.75) is 0 Å². The lowest BCUT2D eigenvalue weighted by molar-refractivity contribution is 1.47. The summed E-state index contributed by atoms with van der Waals surface area (Å²) in [5.41, 5.74) is 7.22. The second-order valence-corrected chi connectivity index (χ2v) is 2.42. The molecule has 3 heteroatoms. The highest BCUT2D eigenvalue weighted by Gasteiger charge is 1.97. The van der Waals surface area contributed by atoms with E-state index in [0.717, 1.165) is 0 Å². The predicted molar refractivity (Wildman–Crippen MR) is 50.2 cm³/mol. The van der Waals surface area contributed by atoms with Gasteiger partial charge in [-0.3, -0.25) is 0 Å². The van der Waals surface area contributed by atoms with Crippen LogP contribution >= 0.6 is 0 Å². The number of hydrogen-bond donors (Lipinski definition) is 1. The molecule has 13 heavy (non-hydrogen) atoms. The highest BCUT2D eigenvalue weighted by molar-refractivity contribution is 5.63. The minimum atomic E-state index is 0.478. The molecule has 0 saturated heterocycles. The fraction of sp³-hybridized carbons (Fsp3) is 0. The summed E-state index contributed by atoms with van der Waals surface area (Å²) in [5, 5.41) is 17.0. The van der Waals surface area contributed by atoms with Crippen LogP contribution in [0.4, 0.5) is 5.69 Å². The Morgan fingerprint density at radius 3 is 2.69 bits per heavy atom. The summed E-state index contributed by atoms with van der Waals surface area (Å²) in [6, 6.07) is 8.85. The number of rotatable bonds is 1. The highest BCUT2D eigenvalue weighted by atomic mass is 14.5. The number of nitrogen functional groups attached to an aromatic ring is 1. The molecule has 1 aromatic rings. The van der Waals surface area contributed by atoms with Gasteiger partial charge >= 0.3 is 0 Å². The maximum atomic E-state index is 8.72. The van der Waals surface area contributed by atoms with Gasteiger partial charge in [-0.15, -0.1) is 0 Å². The molecular formula is C10H7N3. The molecule has 0 bridgehead atoms. The first-order chi connectivity index (χ1) is 6.27. The fourth-order valence-electron chi connectivity index (χ4n) is 0.943. The number of anilines is 1. The minimum Gasteiger partial charge on any atom is -0.399 e. The Morgan fingerprint density at radius 2 is 2.08 bits per heavy atom. The SMILES string of the molecule is N#CC=Cc1ccc(N)cc1C#N. The van der Waals surface area contributed by atoms with E-state index in [9.17, 15) is 0 Å². The Labute approximate surface area is 76.3 Å². The van der Waals surface area contributed by atoms with Crippen LogP contribution in [0.1, 0.15) is 11.1 Å². The highest BCUT2D eigenvalue weighted by Crippen LogP contribution is 2.13. The standard InChI is InChI=1S/C10H7N3/c11-5-1-2-8-3-4-10(13)6-9(8)7-12/h1-4,6H,13H2. The molecule has 0 spiro atoms. The maximum Gasteiger partial charge on any atom is 0.0998 e. The summed E-state index contributed by atoms with van der Waals surface area (Å²) < 4.78 is 0. The first kappa shape index (κ1) is 8.83. The summed E-state index contributed by atoms with van der Waals surface area (Å²) >= 11 is 0. The molecule has 0 aliphatic carbocycles. The van der Waals surface area contributed by atoms with Gasteiger partial charge < -0.3 is 5.73 Å². The van der Waals surface area contributed by atoms with Crippen LogP contribution in [0.3, 0.4) is 0 Å². The fourth-order valence-corrected chi connectivity index (χ4v) is 0.943. The van der Waals surface area contributed by atoms with E-state index in [-0.39, 0.29) is 0 Å². The lowest BCUT2D eigenvalue weighted by Crippen LogP contribution is -1.88. The van der Waals surface area contributed by atoms with E-state index in [0.29, 0.717) is 16.8 Å². The molecular weight excluding hydrogens is 162 g/mol. The molecule has 0 aliphatic heterocycles. The van der Waals surface area contributed by atoms with Crippen molar-refractivity contribution in [1.82, 2.24) is 0 Å². The van der Waals surface area contributed by atoms with Crippen LogP contribution in [0, 0.1) is 22.7 Å². The van der Waals surface area contributed by atoms with Crippen LogP contribution in [0.25, 0.3) is 6.08 Å². The smallest absolute Gasteiger partial charge is 0.0998 e. The summed E-state index contributed by atoms with van der Waals surface area (Å²) in [7, 11) is 0. The summed E-state index contributed by atoms with van der Waals surface area (Å²) in [6.45, 7) is 0. The van der Waals surface area contributed by atoms with Crippen LogP contribution in [0.2, 0.25) is 0 Å². The van der Waals surface area contributed by atoms with Gasteiger partial charge in [-0.25, -0.2) is 0 Å². The summed E-state index contributed by atoms with van der Waals surface area (Å²) in [4.78, 5) is 0. The maximum absolute atomic E-state index is 8.72. The number of nitrogens with zero attached hydrogens (tertiary/aromatic N) is 2. The first-order valence-electron chi connectivity index (χ1n) is 3.63. The summed E-state index contributed by atoms with van der Waals surface area (Å²) in [6.07, 6.45) is 2.91. The van der Waals surface area contributed by atoms with Crippen molar-refractivity contribution in [3.63, 3.8) is 0 Å². The van der Waals surface area contributed by atoms with Crippen molar-refractivity contribution in [3.05, 3.63) is 35.4 Å². The molecule has 1 rings (SSSR count). The van der Waals surface area contributed by atoms with E-state index in [4.69, 9.17) is 16.3 Å². The molecule has 62 valence electrons. The van der Waals surface area contributed by atoms with E-state index in [1.807, 2.05) is 12.1 Å². The number of nitriles is 2. The van der Waals surface area contributed by atoms with Gasteiger partial charge in [0.2, 0.25) is 0 Å². The van der Waals surface area contributed by atoms with Crippen LogP contribution in [0.15, 0.2) is 24.3 Å². The molecule has 0 radical (unpaired) electrons. The van der Waals surface area contributed by atoms with Crippen LogP contribution in [-0.2, 0) is 0 Å². The second-order valence-electron chi connectivity index (χ2n) is 2.42. The molecule has 0 atom stereocenters. The predicted octanol–water partition coefficient (Wildman–Crippen LogP) is 1.68. The van der Waals surface area contributed by atoms with Crippen molar-refractivity contribution in [2.75, 3.05) is 5.73 Å². The van der Waals surface area contributed by atoms with Crippen molar-refractivity contribution in [1.29, 1.82) is 10.5 Å². The Kier molecular flexibility index (Phi) is 2.68. The molecule has 2 N–H and O–H groups in total. The van der Waals surface area contributed by atoms with Gasteiger partial charge in [0.25, 0.3) is 0 Å². The molecule has 0 aromatic heterocycles. The van der Waals surface area contributed by atoms with Crippen LogP contribution in [-0.4, -0.2) is 0 Å². The first-order valence-corrected chi connectivity index (χ1v) is 3.63. The Morgan fingerprint density at radius 1 is 1.31 bits per heavy atom. The zero-order valence-corrected chi connectivity index (χ0v) is 6.86. The van der Waals surface area contributed by atoms with Crippen molar-refractivity contribution >= 4 is 11.8 Å². The molecule has 0 heterocycles. The van der Waals surface area contributed by atoms with E-state index in [1.54, 1.807) is 24.3 Å². The molecule has 0 fully saturated rings. The van der Waals surface area contributed by atoms with Gasteiger partial charge in [-0.05, 0) is 23.8 Å². The van der Waals surface area contributed by atoms with Gasteiger partial charge in [0, 0.05) is 11.8 Å². The van der Waals surface area contributed by atoms with Gasteiger partial charge in [0.05, 0.1) is 17.7 Å². The zero-order chi connectivity index (χ0) is 9.68. The number of benzene rings is 1. The van der Waals surface area contributed by atoms with Gasteiger partial charge in [-0.1, -0.05) is 6.07 Å². The monoisotopic (exact) mass is 169 g/mol. The van der Waals surface area contributed by atoms with Crippen LogP contribution in [0.5, 0.6) is 0 Å². The molecule has 0 aliphatic rings. The number of hydrogen-bond acceptors (Lipinski definition) is 3. The number of nitrogens with two attached hydrogens (primary N) is 1. The topological polar surface area (TPSA) is 73.6 Å². The Hall–Kier alpha value is -2.26. The molecule has 0 amide bonds. The third kappa shape index (κ3) is 2.08. The molecule has 1 aromatic carbocycles. The summed E-state index contributed by atoms with van der Waals surface area (Å²) in [5.74, 6) is 0. The Bertz CT molecular complexity index is 419. The van der Waals surface area contributed by atoms with Crippen molar-refractivity contribution < 1.29 is 0 Å². The van der Waals surface area contributed by atoms with E-state index in [2.05, 4.69) is 0 Å². The van der Waals surface area contributed by atoms with Gasteiger partial charge in [0.1, 0.15) is 0 Å². The lowest BCUT2D eigenvalue weighted by atomic mass is 10.1. The third-order valence-electron chi connectivity index (χ3n) is 1.54. The lowest BCUT2D eigenvalue weighted by Gasteiger charge is -1.97. The molecule has 3 nitrogen and oxygen atoms in total. The van der Waals surface area contributed by atoms with E-state index in [1.165, 1.54) is 6.08 Å². The Balaban J connectivity index is 3.17. The van der Waals surface area contributed by atoms with E-state index < -0.39 is 0 Å². The zero-order valence-electron chi connectivity index (χ0n) is 6.86. The van der Waals surface area contributed by atoms with Crippen LogP contribution < -0.4 is 5.73 Å². The molecule has 0 unspecified atom stereocenters. The van der Waals surface area contributed by atoms with Crippen molar-refractivity contribution in [3.8, 4) is 12.1 Å². The average Bonchev–Trinajstić information content (AvgIpc) is 2.16. The number of allylic oxidation sites excluding steroid dienone is 1. The largest absolute Gasteiger partial charge is 0.399 e. The normalized spacial score (nSPS) is 9.38. The van der Waals surface area contributed by atoms with Gasteiger partial charge in [0.15, 0.2) is 0 Å². The third-order valence-corrected chi connectivity index (χ3v) is 1.54. The minimum absolute atomic E-state index is 0.478. The van der Waals surface area contributed by atoms with E-state index >= 15 is 0 Å².